The van der Waals surface area contributed by atoms with Crippen LogP contribution in [0.3, 0.4) is 0 Å². The van der Waals surface area contributed by atoms with Crippen LogP contribution in [0.15, 0.2) is 6.33 Å². The Morgan fingerprint density at radius 2 is 2.73 bits per heavy atom. The number of ether oxygens (including phenoxy) is 1. The maximum Gasteiger partial charge on any atom is 0.195 e. The van der Waals surface area contributed by atoms with Crippen molar-refractivity contribution >= 4 is 12.2 Å². The van der Waals surface area contributed by atoms with Gasteiger partial charge in [-0.15, -0.1) is 0 Å². The molecule has 0 bridgehead atoms. The van der Waals surface area contributed by atoms with Crippen molar-refractivity contribution in [2.24, 2.45) is 0 Å². The first-order valence-corrected chi connectivity index (χ1v) is 3.98. The maximum atomic E-state index is 5.23. The first-order chi connectivity index (χ1) is 5.38. The van der Waals surface area contributed by atoms with Crippen LogP contribution in [0.2, 0.25) is 0 Å². The first-order valence-electron chi connectivity index (χ1n) is 3.57. The number of nitrogens with one attached hydrogen (secondary N) is 1. The number of H-pyrrole nitrogens is 1. The molecule has 1 unspecified atom stereocenters. The lowest BCUT2D eigenvalue weighted by Gasteiger charge is -2.06. The Morgan fingerprint density at radius 3 is 3.27 bits per heavy atom. The second-order valence-corrected chi connectivity index (χ2v) is 2.97. The van der Waals surface area contributed by atoms with E-state index in [1.807, 2.05) is 4.57 Å². The van der Waals surface area contributed by atoms with E-state index in [-0.39, 0.29) is 0 Å². The van der Waals surface area contributed by atoms with Gasteiger partial charge in [-0.25, -0.2) is 0 Å². The molecular formula is C6H9N3OS. The van der Waals surface area contributed by atoms with Crippen LogP contribution in [0, 0.1) is 4.77 Å². The Morgan fingerprint density at radius 1 is 1.82 bits per heavy atom. The normalized spacial score (nSPS) is 24.2. The molecule has 0 aliphatic carbocycles. The Labute approximate surface area is 69.2 Å². The molecule has 0 spiro atoms. The van der Waals surface area contributed by atoms with Crippen LogP contribution >= 0.6 is 12.2 Å². The van der Waals surface area contributed by atoms with Crippen molar-refractivity contribution in [2.75, 3.05) is 13.2 Å². The summed E-state index contributed by atoms with van der Waals surface area (Å²) in [6, 6.07) is 0.390. The minimum absolute atomic E-state index is 0.390. The molecule has 2 heterocycles. The third-order valence-corrected chi connectivity index (χ3v) is 2.18. The van der Waals surface area contributed by atoms with Crippen molar-refractivity contribution in [1.82, 2.24) is 14.8 Å². The monoisotopic (exact) mass is 171 g/mol. The molecule has 11 heavy (non-hydrogen) atoms. The van der Waals surface area contributed by atoms with Crippen LogP contribution in [0.5, 0.6) is 0 Å². The molecule has 1 saturated heterocycles. The number of hydrogen-bond acceptors (Lipinski definition) is 3. The maximum absolute atomic E-state index is 5.23. The topological polar surface area (TPSA) is 42.8 Å². The lowest BCUT2D eigenvalue weighted by molar-refractivity contribution is 0.186. The fourth-order valence-electron chi connectivity index (χ4n) is 1.26. The summed E-state index contributed by atoms with van der Waals surface area (Å²) in [4.78, 5) is 0. The van der Waals surface area contributed by atoms with Crippen LogP contribution in [0.4, 0.5) is 0 Å². The van der Waals surface area contributed by atoms with Gasteiger partial charge in [-0.05, 0) is 18.6 Å². The lowest BCUT2D eigenvalue weighted by Crippen LogP contribution is -2.07. The zero-order valence-corrected chi connectivity index (χ0v) is 6.80. The predicted octanol–water partition coefficient (Wildman–Crippen LogP) is 0.902. The Balaban J connectivity index is 2.28. The summed E-state index contributed by atoms with van der Waals surface area (Å²) in [6.45, 7) is 1.59. The fraction of sp³-hybridized carbons (Fsp3) is 0.667. The van der Waals surface area contributed by atoms with E-state index in [0.29, 0.717) is 10.8 Å². The van der Waals surface area contributed by atoms with Crippen LogP contribution in [-0.2, 0) is 4.74 Å². The predicted molar refractivity (Wildman–Crippen MR) is 41.9 cm³/mol. The van der Waals surface area contributed by atoms with E-state index in [0.717, 1.165) is 19.6 Å². The SMILES string of the molecule is S=c1[nH]ncn1C1CCOC1. The summed E-state index contributed by atoms with van der Waals surface area (Å²) >= 11 is 5.01. The highest BCUT2D eigenvalue weighted by Gasteiger charge is 2.17. The van der Waals surface area contributed by atoms with Crippen LogP contribution in [0.1, 0.15) is 12.5 Å². The van der Waals surface area contributed by atoms with E-state index in [1.54, 1.807) is 6.33 Å². The summed E-state index contributed by atoms with van der Waals surface area (Å²) in [7, 11) is 0. The Bertz CT molecular complexity index is 286. The van der Waals surface area contributed by atoms with Gasteiger partial charge in [-0.3, -0.25) is 5.10 Å². The van der Waals surface area contributed by atoms with Gasteiger partial charge >= 0.3 is 0 Å². The van der Waals surface area contributed by atoms with Gasteiger partial charge in [-0.2, -0.15) is 5.10 Å². The van der Waals surface area contributed by atoms with Gasteiger partial charge in [-0.1, -0.05) is 0 Å². The zero-order valence-electron chi connectivity index (χ0n) is 5.99. The number of hydrogen-bond donors (Lipinski definition) is 1. The van der Waals surface area contributed by atoms with E-state index >= 15 is 0 Å². The highest BCUT2D eigenvalue weighted by molar-refractivity contribution is 7.71. The summed E-state index contributed by atoms with van der Waals surface area (Å²) < 4.78 is 7.85. The Hall–Kier alpha value is -0.680. The fourth-order valence-corrected chi connectivity index (χ4v) is 1.51. The number of rotatable bonds is 1. The summed E-state index contributed by atoms with van der Waals surface area (Å²) in [5.41, 5.74) is 0. The molecule has 60 valence electrons. The first kappa shape index (κ1) is 7.00. The average molecular weight is 171 g/mol. The van der Waals surface area contributed by atoms with E-state index in [9.17, 15) is 0 Å². The van der Waals surface area contributed by atoms with Crippen LogP contribution in [0.25, 0.3) is 0 Å². The summed E-state index contributed by atoms with van der Waals surface area (Å²) in [5.74, 6) is 0. The van der Waals surface area contributed by atoms with Crippen LogP contribution < -0.4 is 0 Å². The van der Waals surface area contributed by atoms with Gasteiger partial charge < -0.3 is 9.30 Å². The quantitative estimate of drug-likeness (QED) is 0.638. The minimum Gasteiger partial charge on any atom is -0.379 e. The molecule has 5 heteroatoms. The standard InChI is InChI=1S/C6H9N3OS/c11-6-8-7-4-9(6)5-1-2-10-3-5/h4-5H,1-3H2,(H,8,11). The molecule has 0 aromatic carbocycles. The molecule has 1 N–H and O–H groups in total. The molecule has 1 aromatic rings. The van der Waals surface area contributed by atoms with E-state index in [1.165, 1.54) is 0 Å². The number of nitrogens with zero attached hydrogens (tertiary/aromatic N) is 2. The van der Waals surface area contributed by atoms with Gasteiger partial charge in [0.25, 0.3) is 0 Å². The van der Waals surface area contributed by atoms with Crippen LogP contribution in [-0.4, -0.2) is 28.0 Å². The molecule has 0 saturated carbocycles. The molecule has 0 amide bonds. The van der Waals surface area contributed by atoms with Crippen molar-refractivity contribution in [1.29, 1.82) is 0 Å². The van der Waals surface area contributed by atoms with Crippen molar-refractivity contribution in [3.8, 4) is 0 Å². The van der Waals surface area contributed by atoms with Crippen molar-refractivity contribution in [2.45, 2.75) is 12.5 Å². The molecule has 4 nitrogen and oxygen atoms in total. The average Bonchev–Trinajstić information content (AvgIpc) is 2.55. The minimum atomic E-state index is 0.390. The van der Waals surface area contributed by atoms with Crippen molar-refractivity contribution in [3.05, 3.63) is 11.1 Å². The van der Waals surface area contributed by atoms with Crippen molar-refractivity contribution < 1.29 is 4.74 Å². The summed E-state index contributed by atoms with van der Waals surface area (Å²) in [6.07, 6.45) is 2.76. The molecule has 1 aliphatic heterocycles. The second-order valence-electron chi connectivity index (χ2n) is 2.59. The summed E-state index contributed by atoms with van der Waals surface area (Å²) in [5, 5.41) is 6.56. The van der Waals surface area contributed by atoms with Gasteiger partial charge in [0.1, 0.15) is 6.33 Å². The molecule has 2 rings (SSSR count). The molecular weight excluding hydrogens is 162 g/mol. The number of aromatic nitrogens is 3. The lowest BCUT2D eigenvalue weighted by atomic mass is 10.3. The van der Waals surface area contributed by atoms with Gasteiger partial charge in [0.15, 0.2) is 4.77 Å². The second kappa shape index (κ2) is 2.75. The number of aromatic amines is 1. The molecule has 1 atom stereocenters. The van der Waals surface area contributed by atoms with E-state index in [4.69, 9.17) is 17.0 Å². The highest BCUT2D eigenvalue weighted by atomic mass is 32.1. The van der Waals surface area contributed by atoms with Gasteiger partial charge in [0.05, 0.1) is 12.6 Å². The molecule has 1 aromatic heterocycles. The Kier molecular flexibility index (Phi) is 1.75. The van der Waals surface area contributed by atoms with Gasteiger partial charge in [0.2, 0.25) is 0 Å². The molecule has 0 radical (unpaired) electrons. The largest absolute Gasteiger partial charge is 0.379 e. The van der Waals surface area contributed by atoms with Gasteiger partial charge in [0, 0.05) is 6.61 Å². The van der Waals surface area contributed by atoms with Crippen molar-refractivity contribution in [3.63, 3.8) is 0 Å². The third kappa shape index (κ3) is 1.21. The molecule has 1 fully saturated rings. The van der Waals surface area contributed by atoms with E-state index in [2.05, 4.69) is 10.2 Å². The highest BCUT2D eigenvalue weighted by Crippen LogP contribution is 2.17. The third-order valence-electron chi connectivity index (χ3n) is 1.88. The molecule has 1 aliphatic rings. The zero-order chi connectivity index (χ0) is 7.68. The van der Waals surface area contributed by atoms with E-state index < -0.39 is 0 Å². The smallest absolute Gasteiger partial charge is 0.195 e.